The van der Waals surface area contributed by atoms with E-state index in [-0.39, 0.29) is 9.09 Å². The maximum atomic E-state index is 13.1. The van der Waals surface area contributed by atoms with Crippen LogP contribution in [0.15, 0.2) is 28.5 Å². The van der Waals surface area contributed by atoms with Gasteiger partial charge < -0.3 is 14.7 Å². The van der Waals surface area contributed by atoms with Crippen molar-refractivity contribution >= 4 is 38.7 Å². The number of carboxylic acid groups (broad SMARTS) is 1. The third kappa shape index (κ3) is 2.46. The molecule has 1 aromatic carbocycles. The Bertz CT molecular complexity index is 967. The molecular formula is C16H16N2O5S2. The first-order chi connectivity index (χ1) is 11.9. The Labute approximate surface area is 149 Å². The summed E-state index contributed by atoms with van der Waals surface area (Å²) in [4.78, 5) is 13.4. The van der Waals surface area contributed by atoms with Crippen molar-refractivity contribution in [2.24, 2.45) is 0 Å². The monoisotopic (exact) mass is 380 g/mol. The average Bonchev–Trinajstić information content (AvgIpc) is 2.98. The normalized spacial score (nSPS) is 16.4. The smallest absolute Gasteiger partial charge is 0.346 e. The van der Waals surface area contributed by atoms with Crippen LogP contribution >= 0.6 is 11.3 Å². The Morgan fingerprint density at radius 3 is 2.80 bits per heavy atom. The summed E-state index contributed by atoms with van der Waals surface area (Å²) in [6.07, 6.45) is 0. The first-order valence-electron chi connectivity index (χ1n) is 7.77. The van der Waals surface area contributed by atoms with Crippen molar-refractivity contribution in [3.63, 3.8) is 0 Å². The number of aryl methyl sites for hydroxylation is 1. The van der Waals surface area contributed by atoms with Crippen LogP contribution in [0.2, 0.25) is 0 Å². The van der Waals surface area contributed by atoms with Crippen molar-refractivity contribution in [3.8, 4) is 5.75 Å². The van der Waals surface area contributed by atoms with E-state index >= 15 is 0 Å². The summed E-state index contributed by atoms with van der Waals surface area (Å²) in [5, 5.41) is 9.20. The van der Waals surface area contributed by atoms with E-state index in [1.807, 2.05) is 6.07 Å². The van der Waals surface area contributed by atoms with Gasteiger partial charge in [-0.05, 0) is 30.7 Å². The third-order valence-electron chi connectivity index (χ3n) is 4.39. The Balaban J connectivity index is 1.82. The van der Waals surface area contributed by atoms with Crippen LogP contribution in [0, 0.1) is 6.92 Å². The number of aromatic carboxylic acids is 1. The van der Waals surface area contributed by atoms with Gasteiger partial charge in [0.25, 0.3) is 10.0 Å². The highest BCUT2D eigenvalue weighted by atomic mass is 32.2. The summed E-state index contributed by atoms with van der Waals surface area (Å²) in [6, 6.07) is 6.80. The van der Waals surface area contributed by atoms with Gasteiger partial charge in [-0.1, -0.05) is 6.07 Å². The molecule has 2 aliphatic rings. The predicted octanol–water partition coefficient (Wildman–Crippen LogP) is 2.16. The molecule has 25 heavy (non-hydrogen) atoms. The fourth-order valence-corrected chi connectivity index (χ4v) is 6.19. The first kappa shape index (κ1) is 16.2. The molecule has 0 atom stereocenters. The molecule has 1 N–H and O–H groups in total. The molecule has 1 aromatic heterocycles. The summed E-state index contributed by atoms with van der Waals surface area (Å²) in [6.45, 7) is 3.80. The standard InChI is InChI=1S/C16H16N2O5S2/c1-10-9-13(24-15(10)16(19)20)25(21,22)18-6-5-17-7-8-23-12-4-2-3-11(18)14(12)17/h2-4,9H,5-8H2,1H3,(H,19,20). The van der Waals surface area contributed by atoms with Gasteiger partial charge in [-0.15, -0.1) is 11.3 Å². The minimum atomic E-state index is -3.83. The van der Waals surface area contributed by atoms with Gasteiger partial charge in [-0.25, -0.2) is 13.2 Å². The summed E-state index contributed by atoms with van der Waals surface area (Å²) < 4.78 is 33.3. The predicted molar refractivity (Wildman–Crippen MR) is 94.7 cm³/mol. The van der Waals surface area contributed by atoms with E-state index in [0.29, 0.717) is 36.7 Å². The molecule has 2 aromatic rings. The highest BCUT2D eigenvalue weighted by Gasteiger charge is 2.36. The lowest BCUT2D eigenvalue weighted by Gasteiger charge is -2.40. The molecule has 0 aliphatic carbocycles. The summed E-state index contributed by atoms with van der Waals surface area (Å²) in [5.74, 6) is -0.434. The molecule has 0 saturated heterocycles. The average molecular weight is 380 g/mol. The largest absolute Gasteiger partial charge is 0.489 e. The zero-order valence-corrected chi connectivity index (χ0v) is 15.1. The molecule has 0 spiro atoms. The van der Waals surface area contributed by atoms with Gasteiger partial charge in [0.2, 0.25) is 0 Å². The van der Waals surface area contributed by atoms with Crippen LogP contribution in [0.5, 0.6) is 5.75 Å². The Morgan fingerprint density at radius 1 is 1.28 bits per heavy atom. The fraction of sp³-hybridized carbons (Fsp3) is 0.312. The third-order valence-corrected chi connectivity index (χ3v) is 7.88. The van der Waals surface area contributed by atoms with Crippen LogP contribution in [0.4, 0.5) is 11.4 Å². The van der Waals surface area contributed by atoms with Crippen molar-refractivity contribution in [1.82, 2.24) is 0 Å². The highest BCUT2D eigenvalue weighted by Crippen LogP contribution is 2.45. The number of sulfonamides is 1. The number of hydrogen-bond donors (Lipinski definition) is 1. The second kappa shape index (κ2) is 5.63. The van der Waals surface area contributed by atoms with Gasteiger partial charge >= 0.3 is 5.97 Å². The number of benzene rings is 1. The molecule has 132 valence electrons. The zero-order chi connectivity index (χ0) is 17.8. The van der Waals surface area contributed by atoms with Gasteiger partial charge in [0, 0.05) is 6.54 Å². The Hall–Kier alpha value is -2.26. The molecule has 2 aliphatic heterocycles. The van der Waals surface area contributed by atoms with E-state index < -0.39 is 16.0 Å². The number of rotatable bonds is 3. The number of ether oxygens (including phenoxy) is 1. The second-order valence-corrected chi connectivity index (χ2v) is 9.06. The maximum absolute atomic E-state index is 13.1. The van der Waals surface area contributed by atoms with E-state index in [0.717, 1.165) is 23.6 Å². The van der Waals surface area contributed by atoms with Crippen molar-refractivity contribution in [2.45, 2.75) is 11.1 Å². The number of carbonyl (C=O) groups is 1. The quantitative estimate of drug-likeness (QED) is 0.878. The van der Waals surface area contributed by atoms with E-state index in [1.54, 1.807) is 19.1 Å². The summed E-state index contributed by atoms with van der Waals surface area (Å²) >= 11 is 0.794. The zero-order valence-electron chi connectivity index (χ0n) is 13.4. The molecule has 3 heterocycles. The number of hydrogen-bond acceptors (Lipinski definition) is 6. The van der Waals surface area contributed by atoms with Crippen molar-refractivity contribution in [1.29, 1.82) is 0 Å². The van der Waals surface area contributed by atoms with E-state index in [1.165, 1.54) is 10.4 Å². The minimum Gasteiger partial charge on any atom is -0.489 e. The highest BCUT2D eigenvalue weighted by molar-refractivity contribution is 7.94. The summed E-state index contributed by atoms with van der Waals surface area (Å²) in [7, 11) is -3.83. The van der Waals surface area contributed by atoms with Crippen molar-refractivity contribution in [2.75, 3.05) is 35.4 Å². The lowest BCUT2D eigenvalue weighted by atomic mass is 10.1. The SMILES string of the molecule is Cc1cc(S(=O)(=O)N2CCN3CCOc4cccc2c43)sc1C(=O)O. The Kier molecular flexibility index (Phi) is 3.66. The fourth-order valence-electron chi connectivity index (χ4n) is 3.23. The van der Waals surface area contributed by atoms with Gasteiger partial charge in [-0.2, -0.15) is 0 Å². The maximum Gasteiger partial charge on any atom is 0.346 e. The molecule has 0 fully saturated rings. The minimum absolute atomic E-state index is 0.0465. The number of carboxylic acids is 1. The molecular weight excluding hydrogens is 364 g/mol. The number of thiophene rings is 1. The van der Waals surface area contributed by atoms with Gasteiger partial charge in [0.15, 0.2) is 0 Å². The van der Waals surface area contributed by atoms with Crippen LogP contribution < -0.4 is 13.9 Å². The van der Waals surface area contributed by atoms with Crippen LogP contribution in [0.3, 0.4) is 0 Å². The van der Waals surface area contributed by atoms with Crippen LogP contribution in [0.1, 0.15) is 15.2 Å². The van der Waals surface area contributed by atoms with Crippen LogP contribution in [-0.4, -0.2) is 45.7 Å². The van der Waals surface area contributed by atoms with Crippen LogP contribution in [-0.2, 0) is 10.0 Å². The lowest BCUT2D eigenvalue weighted by molar-refractivity contribution is 0.0701. The van der Waals surface area contributed by atoms with E-state index in [4.69, 9.17) is 4.74 Å². The molecule has 0 radical (unpaired) electrons. The number of anilines is 2. The molecule has 7 nitrogen and oxygen atoms in total. The molecule has 0 saturated carbocycles. The summed E-state index contributed by atoms with van der Waals surface area (Å²) in [5.41, 5.74) is 1.81. The van der Waals surface area contributed by atoms with E-state index in [9.17, 15) is 18.3 Å². The molecule has 0 unspecified atom stereocenters. The molecule has 9 heteroatoms. The van der Waals surface area contributed by atoms with Gasteiger partial charge in [-0.3, -0.25) is 4.31 Å². The van der Waals surface area contributed by atoms with Gasteiger partial charge in [0.1, 0.15) is 27.1 Å². The topological polar surface area (TPSA) is 87.2 Å². The van der Waals surface area contributed by atoms with Gasteiger partial charge in [0.05, 0.1) is 18.8 Å². The van der Waals surface area contributed by atoms with Crippen molar-refractivity contribution in [3.05, 3.63) is 34.7 Å². The first-order valence-corrected chi connectivity index (χ1v) is 10.0. The van der Waals surface area contributed by atoms with E-state index in [2.05, 4.69) is 4.90 Å². The lowest BCUT2D eigenvalue weighted by Crippen LogP contribution is -2.46. The molecule has 4 rings (SSSR count). The molecule has 0 bridgehead atoms. The second-order valence-electron chi connectivity index (χ2n) is 5.92. The Morgan fingerprint density at radius 2 is 2.08 bits per heavy atom. The molecule has 0 amide bonds. The number of nitrogens with zero attached hydrogens (tertiary/aromatic N) is 2. The van der Waals surface area contributed by atoms with Crippen LogP contribution in [0.25, 0.3) is 0 Å². The van der Waals surface area contributed by atoms with Crippen molar-refractivity contribution < 1.29 is 23.1 Å². The number of para-hydroxylation sites is 1.